The first kappa shape index (κ1) is 14.3. The van der Waals surface area contributed by atoms with Crippen molar-refractivity contribution in [1.82, 2.24) is 0 Å². The molecule has 4 aliphatic rings. The van der Waals surface area contributed by atoms with Gasteiger partial charge in [0, 0.05) is 6.61 Å². The van der Waals surface area contributed by atoms with E-state index in [0.29, 0.717) is 17.4 Å². The normalized spacial score (nSPS) is 49.0. The van der Waals surface area contributed by atoms with E-state index in [1.807, 2.05) is 5.57 Å². The Morgan fingerprint density at radius 3 is 2.86 bits per heavy atom. The van der Waals surface area contributed by atoms with Crippen molar-refractivity contribution >= 4 is 0 Å². The van der Waals surface area contributed by atoms with Gasteiger partial charge in [0.2, 0.25) is 0 Å². The molecular formula is C20H32O. The second-order valence-corrected chi connectivity index (χ2v) is 8.72. The molecule has 0 aromatic heterocycles. The zero-order chi connectivity index (χ0) is 14.5. The highest BCUT2D eigenvalue weighted by molar-refractivity contribution is 5.23. The van der Waals surface area contributed by atoms with Gasteiger partial charge in [-0.05, 0) is 92.8 Å². The summed E-state index contributed by atoms with van der Waals surface area (Å²) in [4.78, 5) is 0. The van der Waals surface area contributed by atoms with Gasteiger partial charge in [-0.3, -0.25) is 0 Å². The quantitative estimate of drug-likeness (QED) is 0.702. The number of rotatable bonds is 2. The molecule has 0 aromatic carbocycles. The Morgan fingerprint density at radius 2 is 2.00 bits per heavy atom. The average Bonchev–Trinajstić information content (AvgIpc) is 2.91. The fourth-order valence-corrected chi connectivity index (χ4v) is 7.21. The van der Waals surface area contributed by atoms with Crippen LogP contribution in [0.2, 0.25) is 0 Å². The molecule has 0 unspecified atom stereocenters. The van der Waals surface area contributed by atoms with E-state index in [4.69, 9.17) is 0 Å². The third kappa shape index (κ3) is 1.99. The summed E-state index contributed by atoms with van der Waals surface area (Å²) in [7, 11) is 0. The molecule has 4 rings (SSSR count). The summed E-state index contributed by atoms with van der Waals surface area (Å²) < 4.78 is 0. The number of aliphatic hydroxyl groups is 1. The van der Waals surface area contributed by atoms with E-state index >= 15 is 0 Å². The molecule has 1 nitrogen and oxygen atoms in total. The molecule has 0 radical (unpaired) electrons. The summed E-state index contributed by atoms with van der Waals surface area (Å²) in [5.74, 6) is 2.85. The molecule has 0 heterocycles. The molecule has 0 aliphatic heterocycles. The number of aliphatic hydroxyl groups excluding tert-OH is 1. The predicted molar refractivity (Wildman–Crippen MR) is 87.0 cm³/mol. The first-order valence-corrected chi connectivity index (χ1v) is 9.50. The van der Waals surface area contributed by atoms with E-state index < -0.39 is 0 Å². The molecule has 0 saturated heterocycles. The topological polar surface area (TPSA) is 20.2 Å². The van der Waals surface area contributed by atoms with Gasteiger partial charge in [-0.2, -0.15) is 0 Å². The molecule has 3 saturated carbocycles. The summed E-state index contributed by atoms with van der Waals surface area (Å²) in [6, 6.07) is 0. The van der Waals surface area contributed by atoms with Crippen LogP contribution < -0.4 is 0 Å². The van der Waals surface area contributed by atoms with E-state index in [0.717, 1.165) is 24.2 Å². The van der Waals surface area contributed by atoms with Crippen LogP contribution in [-0.2, 0) is 0 Å². The minimum absolute atomic E-state index is 0.413. The third-order valence-electron chi connectivity index (χ3n) is 8.16. The lowest BCUT2D eigenvalue weighted by molar-refractivity contribution is -0.0526. The Hall–Kier alpha value is -0.300. The first-order chi connectivity index (χ1) is 10.2. The van der Waals surface area contributed by atoms with Crippen LogP contribution in [0, 0.1) is 28.6 Å². The average molecular weight is 288 g/mol. The lowest BCUT2D eigenvalue weighted by atomic mass is 9.47. The van der Waals surface area contributed by atoms with Crippen molar-refractivity contribution in [2.75, 3.05) is 6.61 Å². The van der Waals surface area contributed by atoms with Crippen LogP contribution in [0.1, 0.15) is 77.6 Å². The molecule has 1 heteroatoms. The molecule has 0 spiro atoms. The lowest BCUT2D eigenvalue weighted by Crippen LogP contribution is -2.49. The van der Waals surface area contributed by atoms with Gasteiger partial charge in [-0.1, -0.05) is 25.0 Å². The van der Waals surface area contributed by atoms with E-state index in [9.17, 15) is 5.11 Å². The van der Waals surface area contributed by atoms with E-state index in [1.54, 1.807) is 0 Å². The van der Waals surface area contributed by atoms with Crippen molar-refractivity contribution in [2.24, 2.45) is 28.6 Å². The van der Waals surface area contributed by atoms with E-state index in [-0.39, 0.29) is 0 Å². The second kappa shape index (κ2) is 5.11. The van der Waals surface area contributed by atoms with Crippen LogP contribution >= 0.6 is 0 Å². The Morgan fingerprint density at radius 1 is 1.10 bits per heavy atom. The molecule has 0 amide bonds. The number of fused-ring (bicyclic) bond motifs is 5. The Balaban J connectivity index is 1.65. The highest BCUT2D eigenvalue weighted by atomic mass is 16.3. The first-order valence-electron chi connectivity index (χ1n) is 9.50. The SMILES string of the molecule is C[C@]12CCCC=C1CC[C@H]1[C@@H]3CCC[C@@]3(CCO)CC[C@@H]12. The second-order valence-electron chi connectivity index (χ2n) is 8.72. The molecule has 5 atom stereocenters. The number of hydrogen-bond acceptors (Lipinski definition) is 1. The van der Waals surface area contributed by atoms with Crippen molar-refractivity contribution in [2.45, 2.75) is 77.6 Å². The van der Waals surface area contributed by atoms with Crippen molar-refractivity contribution < 1.29 is 5.11 Å². The zero-order valence-electron chi connectivity index (χ0n) is 13.7. The van der Waals surface area contributed by atoms with Gasteiger partial charge in [-0.15, -0.1) is 0 Å². The molecular weight excluding hydrogens is 256 g/mol. The largest absolute Gasteiger partial charge is 0.396 e. The standard InChI is InChI=1S/C20H32O/c1-19-10-3-2-5-15(19)7-8-16-17(19)9-12-20(13-14-21)11-4-6-18(16)20/h5,16-18,21H,2-4,6-14H2,1H3/t16-,17+,18+,19+,20+/m1/s1. The smallest absolute Gasteiger partial charge is 0.0436 e. The summed E-state index contributed by atoms with van der Waals surface area (Å²) in [5, 5.41) is 9.59. The molecule has 118 valence electrons. The van der Waals surface area contributed by atoms with Crippen LogP contribution in [0.5, 0.6) is 0 Å². The fourth-order valence-electron chi connectivity index (χ4n) is 7.21. The van der Waals surface area contributed by atoms with Crippen LogP contribution in [-0.4, -0.2) is 11.7 Å². The van der Waals surface area contributed by atoms with Crippen LogP contribution in [0.4, 0.5) is 0 Å². The van der Waals surface area contributed by atoms with E-state index in [1.165, 1.54) is 64.2 Å². The monoisotopic (exact) mass is 288 g/mol. The van der Waals surface area contributed by atoms with Gasteiger partial charge in [0.15, 0.2) is 0 Å². The molecule has 0 bridgehead atoms. The Bertz CT molecular complexity index is 439. The molecule has 0 aromatic rings. The van der Waals surface area contributed by atoms with Gasteiger partial charge in [0.05, 0.1) is 0 Å². The van der Waals surface area contributed by atoms with Crippen LogP contribution in [0.15, 0.2) is 11.6 Å². The van der Waals surface area contributed by atoms with Crippen molar-refractivity contribution in [3.05, 3.63) is 11.6 Å². The van der Waals surface area contributed by atoms with Gasteiger partial charge in [0.1, 0.15) is 0 Å². The highest BCUT2D eigenvalue weighted by Gasteiger charge is 2.56. The van der Waals surface area contributed by atoms with Crippen LogP contribution in [0.3, 0.4) is 0 Å². The predicted octanol–water partition coefficient (Wildman–Crippen LogP) is 5.09. The van der Waals surface area contributed by atoms with Crippen molar-refractivity contribution in [3.63, 3.8) is 0 Å². The van der Waals surface area contributed by atoms with Crippen LogP contribution in [0.25, 0.3) is 0 Å². The lowest BCUT2D eigenvalue weighted by Gasteiger charge is -2.58. The number of allylic oxidation sites excluding steroid dienone is 2. The molecule has 4 aliphatic carbocycles. The maximum Gasteiger partial charge on any atom is 0.0436 e. The van der Waals surface area contributed by atoms with Gasteiger partial charge in [0.25, 0.3) is 0 Å². The fraction of sp³-hybridized carbons (Fsp3) is 0.900. The summed E-state index contributed by atoms with van der Waals surface area (Å²) in [6.45, 7) is 3.01. The minimum Gasteiger partial charge on any atom is -0.396 e. The Kier molecular flexibility index (Phi) is 3.48. The Labute approximate surface area is 130 Å². The van der Waals surface area contributed by atoms with Gasteiger partial charge in [-0.25, -0.2) is 0 Å². The molecule has 3 fully saturated rings. The molecule has 1 N–H and O–H groups in total. The summed E-state index contributed by atoms with van der Waals surface area (Å²) >= 11 is 0. The maximum absolute atomic E-state index is 9.59. The van der Waals surface area contributed by atoms with E-state index in [2.05, 4.69) is 13.0 Å². The maximum atomic E-state index is 9.59. The van der Waals surface area contributed by atoms with Gasteiger partial charge >= 0.3 is 0 Å². The zero-order valence-corrected chi connectivity index (χ0v) is 13.7. The number of hydrogen-bond donors (Lipinski definition) is 1. The summed E-state index contributed by atoms with van der Waals surface area (Å²) in [5.41, 5.74) is 2.89. The molecule has 21 heavy (non-hydrogen) atoms. The van der Waals surface area contributed by atoms with Crippen molar-refractivity contribution in [1.29, 1.82) is 0 Å². The highest BCUT2D eigenvalue weighted by Crippen LogP contribution is 2.66. The third-order valence-corrected chi connectivity index (χ3v) is 8.16. The minimum atomic E-state index is 0.413. The summed E-state index contributed by atoms with van der Waals surface area (Å²) in [6.07, 6.45) is 17.8. The van der Waals surface area contributed by atoms with Gasteiger partial charge < -0.3 is 5.11 Å². The van der Waals surface area contributed by atoms with Crippen molar-refractivity contribution in [3.8, 4) is 0 Å².